The lowest BCUT2D eigenvalue weighted by Gasteiger charge is -2.36. The lowest BCUT2D eigenvalue weighted by atomic mass is 9.83. The molecule has 9 heterocycles. The number of hydrogen-bond donors (Lipinski definition) is 8. The van der Waals surface area contributed by atoms with Crippen molar-refractivity contribution in [2.45, 2.75) is 245 Å². The fourth-order valence-corrected chi connectivity index (χ4v) is 23.8. The van der Waals surface area contributed by atoms with Crippen LogP contribution in [-0.2, 0) is 51.2 Å². The smallest absolute Gasteiger partial charge is 0.250 e. The van der Waals surface area contributed by atoms with Crippen molar-refractivity contribution < 1.29 is 38.4 Å². The Kier molecular flexibility index (Phi) is 34.8. The summed E-state index contributed by atoms with van der Waals surface area (Å²) in [7, 11) is 5.25. The molecular weight excluding hydrogens is 1840 g/mol. The van der Waals surface area contributed by atoms with E-state index in [0.29, 0.717) is 19.6 Å². The van der Waals surface area contributed by atoms with Gasteiger partial charge in [0.2, 0.25) is 47.3 Å². The van der Waals surface area contributed by atoms with E-state index in [1.807, 2.05) is 142 Å². The molecule has 4 aliphatic heterocycles. The molecule has 28 heteroatoms. The zero-order valence-electron chi connectivity index (χ0n) is 83.8. The van der Waals surface area contributed by atoms with E-state index in [1.54, 1.807) is 80.3 Å². The number of nitrogens with zero attached hydrogens (tertiary/aromatic N) is 8. The van der Waals surface area contributed by atoms with E-state index in [2.05, 4.69) is 192 Å². The first-order chi connectivity index (χ1) is 68.0. The SMILES string of the molecule is CN[C@@H](C)C(=O)N[C@H](C(=O)N1CCC[C@H]1c1nc(-c2cccc(C)c2)cs1)C1CCCCC1.CN[C@@H](C)C(=O)N[C@H](C(=O)N1CCC[C@H]1c1nc(-c2cccc3ccccc23)cs1)c1ccccc1.CN[C@@H](C)C(=O)N[C@H](C(=O)N1CCC[C@H]1c1nc(C2=CCc3ccccc32)cs1)C(C)(C)C.C[C@H](CCc1ccc[nH]1)C(=O)N[C@H](C(=O)N1CCC[C@H]1c1nc(-c2cccc3ccccc23)cs1)C(C)(C)C. The number of carbonyl (C=O) groups excluding carboxylic acids is 8. The van der Waals surface area contributed by atoms with Crippen LogP contribution in [0, 0.1) is 29.6 Å². The Labute approximate surface area is 846 Å². The van der Waals surface area contributed by atoms with E-state index in [1.165, 1.54) is 50.2 Å². The Balaban J connectivity index is 0.000000142. The van der Waals surface area contributed by atoms with Crippen molar-refractivity contribution in [1.29, 1.82) is 0 Å². The van der Waals surface area contributed by atoms with E-state index in [0.717, 1.165) is 174 Å². The molecule has 8 amide bonds. The second kappa shape index (κ2) is 47.4. The number of allylic oxidation sites excluding steroid dienone is 1. The molecule has 18 rings (SSSR count). The maximum absolute atomic E-state index is 14.0. The average molecular weight is 1980 g/mol. The van der Waals surface area contributed by atoms with Crippen LogP contribution >= 0.6 is 45.3 Å². The molecule has 5 fully saturated rings. The van der Waals surface area contributed by atoms with Crippen molar-refractivity contribution in [3.63, 3.8) is 0 Å². The van der Waals surface area contributed by atoms with Gasteiger partial charge in [-0.05, 0) is 205 Å². The molecule has 12 atom stereocenters. The van der Waals surface area contributed by atoms with Gasteiger partial charge in [-0.15, -0.1) is 45.3 Å². The number of rotatable bonds is 28. The summed E-state index contributed by atoms with van der Waals surface area (Å²) in [6.45, 7) is 24.2. The minimum atomic E-state index is -0.743. The number of likely N-dealkylation sites (tertiary alicyclic amines) is 4. The number of carbonyl (C=O) groups is 8. The Morgan fingerprint density at radius 3 is 1.35 bits per heavy atom. The molecule has 742 valence electrons. The zero-order chi connectivity index (χ0) is 99.8. The summed E-state index contributed by atoms with van der Waals surface area (Å²) >= 11 is 6.48. The summed E-state index contributed by atoms with van der Waals surface area (Å²) in [5.41, 5.74) is 13.2. The van der Waals surface area contributed by atoms with Gasteiger partial charge < -0.3 is 61.8 Å². The van der Waals surface area contributed by atoms with Crippen molar-refractivity contribution in [3.8, 4) is 33.8 Å². The number of likely N-dealkylation sites (N-methyl/N-ethyl adjacent to an activating group) is 3. The molecule has 0 bridgehead atoms. The summed E-state index contributed by atoms with van der Waals surface area (Å²) in [6, 6.07) is 55.8. The van der Waals surface area contributed by atoms with Crippen LogP contribution in [0.25, 0.3) is 60.9 Å². The van der Waals surface area contributed by atoms with Gasteiger partial charge in [-0.25, -0.2) is 19.9 Å². The number of H-pyrrole nitrogens is 1. The minimum Gasteiger partial charge on any atom is -0.365 e. The number of aromatic nitrogens is 5. The number of aromatic amines is 1. The highest BCUT2D eigenvalue weighted by Gasteiger charge is 2.46. The molecule has 4 saturated heterocycles. The Morgan fingerprint density at radius 1 is 0.418 bits per heavy atom. The summed E-state index contributed by atoms with van der Waals surface area (Å²) < 4.78 is 0. The third kappa shape index (κ3) is 24.9. The second-order valence-corrected chi connectivity index (χ2v) is 44.0. The van der Waals surface area contributed by atoms with Crippen LogP contribution in [0.5, 0.6) is 0 Å². The van der Waals surface area contributed by atoms with Gasteiger partial charge in [0.25, 0.3) is 0 Å². The molecule has 0 radical (unpaired) electrons. The minimum absolute atomic E-state index is 0.00854. The molecule has 12 aromatic rings. The fourth-order valence-electron chi connectivity index (χ4n) is 19.9. The highest BCUT2D eigenvalue weighted by Crippen LogP contribution is 2.45. The van der Waals surface area contributed by atoms with Gasteiger partial charge in [0.15, 0.2) is 0 Å². The predicted octanol–water partition coefficient (Wildman–Crippen LogP) is 20.2. The van der Waals surface area contributed by atoms with E-state index in [9.17, 15) is 38.4 Å². The van der Waals surface area contributed by atoms with Crippen molar-refractivity contribution >= 4 is 120 Å². The molecule has 0 unspecified atom stereocenters. The topological polar surface area (TPSA) is 301 Å². The van der Waals surface area contributed by atoms with Gasteiger partial charge in [-0.2, -0.15) is 0 Å². The molecule has 1 saturated carbocycles. The number of fused-ring (bicyclic) bond motifs is 3. The van der Waals surface area contributed by atoms with Crippen molar-refractivity contribution in [2.24, 2.45) is 22.7 Å². The summed E-state index contributed by atoms with van der Waals surface area (Å²) in [6.07, 6.45) is 19.4. The highest BCUT2D eigenvalue weighted by atomic mass is 32.1. The number of hydrogen-bond acceptors (Lipinski definition) is 19. The third-order valence-corrected chi connectivity index (χ3v) is 32.3. The van der Waals surface area contributed by atoms with Gasteiger partial charge in [0.1, 0.15) is 44.2 Å². The van der Waals surface area contributed by atoms with Crippen LogP contribution < -0.4 is 37.2 Å². The molecule has 0 spiro atoms. The molecule has 8 N–H and O–H groups in total. The van der Waals surface area contributed by atoms with Crippen LogP contribution in [0.1, 0.15) is 243 Å². The monoisotopic (exact) mass is 1970 g/mol. The van der Waals surface area contributed by atoms with E-state index >= 15 is 0 Å². The normalized spacial score (nSPS) is 18.7. The van der Waals surface area contributed by atoms with Crippen LogP contribution in [0.3, 0.4) is 0 Å². The van der Waals surface area contributed by atoms with Crippen molar-refractivity contribution in [1.82, 2.24) is 81.7 Å². The first-order valence-corrected chi connectivity index (χ1v) is 53.7. The zero-order valence-corrected chi connectivity index (χ0v) is 87.1. The lowest BCUT2D eigenvalue weighted by molar-refractivity contribution is -0.141. The maximum Gasteiger partial charge on any atom is 0.250 e. The molecule has 5 aromatic heterocycles. The van der Waals surface area contributed by atoms with Gasteiger partial charge in [-0.1, -0.05) is 237 Å². The first-order valence-electron chi connectivity index (χ1n) is 50.2. The molecule has 141 heavy (non-hydrogen) atoms. The highest BCUT2D eigenvalue weighted by molar-refractivity contribution is 7.11. The Hall–Kier alpha value is -11.8. The van der Waals surface area contributed by atoms with Crippen molar-refractivity contribution in [2.75, 3.05) is 47.3 Å². The van der Waals surface area contributed by atoms with E-state index < -0.39 is 41.0 Å². The van der Waals surface area contributed by atoms with E-state index in [4.69, 9.17) is 19.9 Å². The number of thiazole rings is 4. The molecular formula is C113H138N16O8S4. The molecule has 6 aliphatic rings. The molecule has 7 aromatic carbocycles. The Bertz CT molecular complexity index is 6330. The van der Waals surface area contributed by atoms with Crippen LogP contribution in [0.15, 0.2) is 210 Å². The number of nitrogens with one attached hydrogen (secondary N) is 8. The standard InChI is InChI=1S/C32H38N4O2S.C29H30N4O2S.C26H34N4O2S.C26H36N4O2S/c1-21(16-17-23-12-8-18-33-23)29(37)35-28(32(2,3)4)31(38)36-19-9-15-27(36)30-34-26(20-39-30)25-14-7-11-22-10-5-6-13-24(22)25;1-19(30-2)27(34)32-26(21-11-4-3-5-12-21)29(35)33-17-9-16-25(33)28-31-24(18-36-28)23-15-8-13-20-10-6-7-14-22(20)23;1-16(27-5)23(31)29-22(26(2,3)4)25(32)30-14-8-11-21(30)24-28-20(15-33-24)19-13-12-17-9-6-7-10-18(17)19;1-17-9-7-12-20(15-17)21-16-33-25(28-21)22-13-8-14-30(22)26(32)23(19-10-5-4-6-11-19)29-24(31)18(2)27-3/h5-8,10-14,18,20-21,27-28,33H,9,15-17,19H2,1-4H3,(H,35,37);3-8,10-15,18-19,25-26,30H,9,16-17H2,1-2H3,(H,32,34);6-7,9-10,13,15-16,21-22,27H,8,11-12,14H2,1-5H3,(H,29,31);7,9,12,15-16,18-19,22-23,27H,4-6,8,10-11,13-14H2,1-3H3,(H,29,31)/t21-,27+,28-;19-,25-,26-;16-,21-,22+;18-,22-,23-/m1000/s1. The van der Waals surface area contributed by atoms with Gasteiger partial charge in [0.05, 0.1) is 65.1 Å². The van der Waals surface area contributed by atoms with Crippen LogP contribution in [0.4, 0.5) is 0 Å². The van der Waals surface area contributed by atoms with Gasteiger partial charge >= 0.3 is 0 Å². The number of benzene rings is 7. The predicted molar refractivity (Wildman–Crippen MR) is 569 cm³/mol. The van der Waals surface area contributed by atoms with Crippen LogP contribution in [0.2, 0.25) is 0 Å². The summed E-state index contributed by atoms with van der Waals surface area (Å²) in [5.74, 6) is -0.600. The first kappa shape index (κ1) is 104. The van der Waals surface area contributed by atoms with Crippen molar-refractivity contribution in [3.05, 3.63) is 263 Å². The summed E-state index contributed by atoms with van der Waals surface area (Å²) in [4.78, 5) is 138. The quantitative estimate of drug-likeness (QED) is 0.0226. The molecule has 24 nitrogen and oxygen atoms in total. The fraction of sp³-hybridized carbons (Fsp3) is 0.434. The largest absolute Gasteiger partial charge is 0.365 e. The van der Waals surface area contributed by atoms with Gasteiger partial charge in [-0.3, -0.25) is 38.4 Å². The van der Waals surface area contributed by atoms with E-state index in [-0.39, 0.29) is 95.3 Å². The molecule has 2 aliphatic carbocycles. The second-order valence-electron chi connectivity index (χ2n) is 40.5. The number of amides is 8. The Morgan fingerprint density at radius 2 is 0.844 bits per heavy atom. The third-order valence-electron chi connectivity index (χ3n) is 28.5. The summed E-state index contributed by atoms with van der Waals surface area (Å²) in [5, 5.41) is 38.1. The maximum atomic E-state index is 14.0. The van der Waals surface area contributed by atoms with Crippen LogP contribution in [-0.4, -0.2) is 175 Å². The average Bonchev–Trinajstić information content (AvgIpc) is 1.62. The van der Waals surface area contributed by atoms with Gasteiger partial charge in [0, 0.05) is 87.8 Å². The lowest BCUT2D eigenvalue weighted by Crippen LogP contribution is -2.57. The number of aryl methyl sites for hydroxylation is 2.